The second-order valence-corrected chi connectivity index (χ2v) is 4.78. The van der Waals surface area contributed by atoms with Crippen molar-refractivity contribution in [1.29, 1.82) is 0 Å². The van der Waals surface area contributed by atoms with Crippen LogP contribution in [0.15, 0.2) is 12.2 Å². The molecule has 5 heteroatoms. The normalized spacial score (nSPS) is 17.1. The summed E-state index contributed by atoms with van der Waals surface area (Å²) in [5.74, 6) is -0.761. The summed E-state index contributed by atoms with van der Waals surface area (Å²) in [5.41, 5.74) is 0. The Balaban J connectivity index is 2.37. The molecule has 0 bridgehead atoms. The van der Waals surface area contributed by atoms with Gasteiger partial charge < -0.3 is 15.7 Å². The van der Waals surface area contributed by atoms with Crippen molar-refractivity contribution in [2.45, 2.75) is 45.2 Å². The van der Waals surface area contributed by atoms with Crippen LogP contribution in [0.1, 0.15) is 33.1 Å². The summed E-state index contributed by atoms with van der Waals surface area (Å²) < 4.78 is 0. The molecule has 0 fully saturated rings. The van der Waals surface area contributed by atoms with Crippen LogP contribution < -0.4 is 10.6 Å². The van der Waals surface area contributed by atoms with Gasteiger partial charge in [-0.15, -0.1) is 0 Å². The Morgan fingerprint density at radius 3 is 2.41 bits per heavy atom. The average molecular weight is 240 g/mol. The lowest BCUT2D eigenvalue weighted by Gasteiger charge is -2.19. The van der Waals surface area contributed by atoms with Crippen molar-refractivity contribution in [3.63, 3.8) is 0 Å². The van der Waals surface area contributed by atoms with E-state index in [-0.39, 0.29) is 12.0 Å². The molecule has 0 aliphatic heterocycles. The van der Waals surface area contributed by atoms with Crippen molar-refractivity contribution >= 4 is 12.0 Å². The fourth-order valence-electron chi connectivity index (χ4n) is 1.81. The van der Waals surface area contributed by atoms with Crippen molar-refractivity contribution in [3.8, 4) is 0 Å². The number of amides is 2. The highest BCUT2D eigenvalue weighted by Crippen LogP contribution is 2.09. The fraction of sp³-hybridized carbons (Fsp3) is 0.667. The Kier molecular flexibility index (Phi) is 5.00. The Morgan fingerprint density at radius 1 is 1.35 bits per heavy atom. The third-order valence-electron chi connectivity index (χ3n) is 2.65. The Hall–Kier alpha value is -1.52. The third-order valence-corrected chi connectivity index (χ3v) is 2.65. The van der Waals surface area contributed by atoms with Gasteiger partial charge in [-0.3, -0.25) is 0 Å². The number of carboxylic acid groups (broad SMARTS) is 1. The molecule has 17 heavy (non-hydrogen) atoms. The summed E-state index contributed by atoms with van der Waals surface area (Å²) in [4.78, 5) is 22.5. The molecular weight excluding hydrogens is 220 g/mol. The molecule has 1 aliphatic carbocycles. The van der Waals surface area contributed by atoms with Gasteiger partial charge in [0.25, 0.3) is 0 Å². The quantitative estimate of drug-likeness (QED) is 0.637. The number of carbonyl (C=O) groups excluding carboxylic acids is 1. The Bertz CT molecular complexity index is 305. The molecule has 1 atom stereocenters. The molecule has 0 saturated carbocycles. The first-order valence-electron chi connectivity index (χ1n) is 5.94. The van der Waals surface area contributed by atoms with Crippen LogP contribution in [0.25, 0.3) is 0 Å². The lowest BCUT2D eigenvalue weighted by molar-refractivity contribution is -0.139. The van der Waals surface area contributed by atoms with E-state index < -0.39 is 18.0 Å². The number of aliphatic carboxylic acids is 1. The van der Waals surface area contributed by atoms with Gasteiger partial charge in [-0.25, -0.2) is 9.59 Å². The molecule has 0 aromatic rings. The Morgan fingerprint density at radius 2 is 1.94 bits per heavy atom. The van der Waals surface area contributed by atoms with E-state index in [2.05, 4.69) is 10.6 Å². The molecule has 0 unspecified atom stereocenters. The molecule has 5 nitrogen and oxygen atoms in total. The maximum Gasteiger partial charge on any atom is 0.326 e. The number of urea groups is 1. The summed E-state index contributed by atoms with van der Waals surface area (Å²) in [6.07, 6.45) is 6.08. The van der Waals surface area contributed by atoms with Crippen LogP contribution in [0.3, 0.4) is 0 Å². The smallest absolute Gasteiger partial charge is 0.326 e. The van der Waals surface area contributed by atoms with Crippen LogP contribution in [0.5, 0.6) is 0 Å². The van der Waals surface area contributed by atoms with Gasteiger partial charge in [-0.2, -0.15) is 0 Å². The first-order chi connectivity index (χ1) is 7.99. The molecule has 0 spiro atoms. The molecule has 1 aliphatic rings. The standard InChI is InChI=1S/C12H20N2O3/c1-8(2)7-10(11(15)16)14-12(17)13-9-5-3-4-6-9/h3-4,8-10H,5-7H2,1-2H3,(H,15,16)(H2,13,14,17)/t10-/m0/s1. The molecule has 0 heterocycles. The van der Waals surface area contributed by atoms with Crippen LogP contribution in [0, 0.1) is 5.92 Å². The number of carboxylic acids is 1. The van der Waals surface area contributed by atoms with Crippen molar-refractivity contribution in [3.05, 3.63) is 12.2 Å². The maximum absolute atomic E-state index is 11.6. The predicted octanol–water partition coefficient (Wildman–Crippen LogP) is 1.50. The molecular formula is C12H20N2O3. The second kappa shape index (κ2) is 6.27. The molecule has 2 amide bonds. The van der Waals surface area contributed by atoms with E-state index in [4.69, 9.17) is 5.11 Å². The summed E-state index contributed by atoms with van der Waals surface area (Å²) in [6, 6.07) is -1.11. The van der Waals surface area contributed by atoms with Crippen LogP contribution in [0.4, 0.5) is 4.79 Å². The molecule has 1 rings (SSSR count). The highest BCUT2D eigenvalue weighted by atomic mass is 16.4. The van der Waals surface area contributed by atoms with Crippen molar-refractivity contribution in [1.82, 2.24) is 10.6 Å². The largest absolute Gasteiger partial charge is 0.480 e. The number of carbonyl (C=O) groups is 2. The van der Waals surface area contributed by atoms with Crippen LogP contribution in [-0.4, -0.2) is 29.2 Å². The molecule has 3 N–H and O–H groups in total. The number of rotatable bonds is 5. The lowest BCUT2D eigenvalue weighted by Crippen LogP contribution is -2.49. The van der Waals surface area contributed by atoms with E-state index in [9.17, 15) is 9.59 Å². The van der Waals surface area contributed by atoms with Crippen LogP contribution in [-0.2, 0) is 4.79 Å². The SMILES string of the molecule is CC(C)C[C@H](NC(=O)NC1CC=CC1)C(=O)O. The van der Waals surface area contributed by atoms with Crippen LogP contribution >= 0.6 is 0 Å². The fourth-order valence-corrected chi connectivity index (χ4v) is 1.81. The minimum atomic E-state index is -0.988. The highest BCUT2D eigenvalue weighted by molar-refractivity contribution is 5.82. The van der Waals surface area contributed by atoms with Crippen molar-refractivity contribution < 1.29 is 14.7 Å². The zero-order valence-corrected chi connectivity index (χ0v) is 10.3. The van der Waals surface area contributed by atoms with Gasteiger partial charge in [0.15, 0.2) is 0 Å². The summed E-state index contributed by atoms with van der Waals surface area (Å²) in [5, 5.41) is 14.2. The van der Waals surface area contributed by atoms with Gasteiger partial charge in [0.2, 0.25) is 0 Å². The predicted molar refractivity (Wildman–Crippen MR) is 64.7 cm³/mol. The van der Waals surface area contributed by atoms with Gasteiger partial charge in [0.1, 0.15) is 6.04 Å². The molecule has 0 aromatic heterocycles. The number of hydrogen-bond acceptors (Lipinski definition) is 2. The van der Waals surface area contributed by atoms with Gasteiger partial charge in [-0.05, 0) is 25.2 Å². The number of nitrogens with one attached hydrogen (secondary N) is 2. The first-order valence-corrected chi connectivity index (χ1v) is 5.94. The van der Waals surface area contributed by atoms with Crippen molar-refractivity contribution in [2.24, 2.45) is 5.92 Å². The summed E-state index contributed by atoms with van der Waals surface area (Å²) in [7, 11) is 0. The molecule has 0 saturated heterocycles. The second-order valence-electron chi connectivity index (χ2n) is 4.78. The van der Waals surface area contributed by atoms with Gasteiger partial charge in [-0.1, -0.05) is 26.0 Å². The highest BCUT2D eigenvalue weighted by Gasteiger charge is 2.22. The topological polar surface area (TPSA) is 78.4 Å². The Labute approximate surface area is 101 Å². The monoisotopic (exact) mass is 240 g/mol. The third kappa shape index (κ3) is 4.89. The summed E-state index contributed by atoms with van der Waals surface area (Å²) in [6.45, 7) is 3.85. The lowest BCUT2D eigenvalue weighted by atomic mass is 10.0. The zero-order chi connectivity index (χ0) is 12.8. The maximum atomic E-state index is 11.6. The van der Waals surface area contributed by atoms with E-state index >= 15 is 0 Å². The molecule has 0 aromatic carbocycles. The van der Waals surface area contributed by atoms with E-state index in [1.807, 2.05) is 26.0 Å². The molecule has 0 radical (unpaired) electrons. The minimum absolute atomic E-state index is 0.100. The first kappa shape index (κ1) is 13.5. The van der Waals surface area contributed by atoms with E-state index in [1.54, 1.807) is 0 Å². The van der Waals surface area contributed by atoms with Crippen LogP contribution in [0.2, 0.25) is 0 Å². The number of hydrogen-bond donors (Lipinski definition) is 3. The van der Waals surface area contributed by atoms with Gasteiger partial charge in [0, 0.05) is 6.04 Å². The average Bonchev–Trinajstić information content (AvgIpc) is 2.68. The van der Waals surface area contributed by atoms with E-state index in [1.165, 1.54) is 0 Å². The summed E-state index contributed by atoms with van der Waals surface area (Å²) >= 11 is 0. The minimum Gasteiger partial charge on any atom is -0.480 e. The van der Waals surface area contributed by atoms with E-state index in [0.29, 0.717) is 6.42 Å². The van der Waals surface area contributed by atoms with Crippen molar-refractivity contribution in [2.75, 3.05) is 0 Å². The van der Waals surface area contributed by atoms with E-state index in [0.717, 1.165) is 12.8 Å². The van der Waals surface area contributed by atoms with Gasteiger partial charge >= 0.3 is 12.0 Å². The molecule has 96 valence electrons. The van der Waals surface area contributed by atoms with Gasteiger partial charge in [0.05, 0.1) is 0 Å². The zero-order valence-electron chi connectivity index (χ0n) is 10.3.